The van der Waals surface area contributed by atoms with Crippen molar-refractivity contribution < 1.29 is 9.59 Å². The van der Waals surface area contributed by atoms with E-state index in [4.69, 9.17) is 0 Å². The number of halogens is 1. The topological polar surface area (TPSA) is 61.4 Å². The van der Waals surface area contributed by atoms with Crippen LogP contribution in [0.15, 0.2) is 30.3 Å². The number of benzene rings is 1. The summed E-state index contributed by atoms with van der Waals surface area (Å²) < 4.78 is 0. The second-order valence-corrected chi connectivity index (χ2v) is 6.61. The number of amides is 2. The van der Waals surface area contributed by atoms with Crippen molar-refractivity contribution in [3.8, 4) is 0 Å². The molecule has 6 heteroatoms. The molecule has 2 aliphatic heterocycles. The van der Waals surface area contributed by atoms with Gasteiger partial charge >= 0.3 is 0 Å². The Kier molecular flexibility index (Phi) is 6.63. The van der Waals surface area contributed by atoms with Gasteiger partial charge in [-0.2, -0.15) is 0 Å². The molecule has 0 radical (unpaired) electrons. The third-order valence-corrected chi connectivity index (χ3v) is 4.81. The van der Waals surface area contributed by atoms with Gasteiger partial charge in [0.15, 0.2) is 0 Å². The maximum absolute atomic E-state index is 12.6. The van der Waals surface area contributed by atoms with Crippen LogP contribution in [0.4, 0.5) is 0 Å². The number of nitrogens with one attached hydrogen (secondary N) is 2. The SMILES string of the molecule is CC1CC(NC(=O)C2CCCN2C(=O)c2ccccc2)CCN1.Cl. The Morgan fingerprint density at radius 2 is 1.96 bits per heavy atom. The first-order valence-electron chi connectivity index (χ1n) is 8.55. The largest absolute Gasteiger partial charge is 0.351 e. The Labute approximate surface area is 149 Å². The maximum atomic E-state index is 12.6. The zero-order chi connectivity index (χ0) is 16.2. The van der Waals surface area contributed by atoms with Crippen molar-refractivity contribution >= 4 is 24.2 Å². The van der Waals surface area contributed by atoms with Crippen LogP contribution in [0.5, 0.6) is 0 Å². The number of carbonyl (C=O) groups is 2. The van der Waals surface area contributed by atoms with Gasteiger partial charge in [-0.05, 0) is 51.3 Å². The van der Waals surface area contributed by atoms with Gasteiger partial charge in [-0.15, -0.1) is 12.4 Å². The number of likely N-dealkylation sites (tertiary alicyclic amines) is 1. The van der Waals surface area contributed by atoms with Crippen molar-refractivity contribution in [1.29, 1.82) is 0 Å². The van der Waals surface area contributed by atoms with E-state index in [1.807, 2.05) is 30.3 Å². The van der Waals surface area contributed by atoms with Gasteiger partial charge in [-0.3, -0.25) is 9.59 Å². The molecule has 2 fully saturated rings. The van der Waals surface area contributed by atoms with E-state index >= 15 is 0 Å². The van der Waals surface area contributed by atoms with E-state index in [2.05, 4.69) is 17.6 Å². The highest BCUT2D eigenvalue weighted by molar-refractivity contribution is 5.98. The van der Waals surface area contributed by atoms with E-state index < -0.39 is 0 Å². The summed E-state index contributed by atoms with van der Waals surface area (Å²) in [6.07, 6.45) is 3.55. The third-order valence-electron chi connectivity index (χ3n) is 4.81. The fourth-order valence-electron chi connectivity index (χ4n) is 3.59. The molecule has 2 aliphatic rings. The van der Waals surface area contributed by atoms with Gasteiger partial charge in [0.05, 0.1) is 0 Å². The number of hydrogen-bond donors (Lipinski definition) is 2. The van der Waals surface area contributed by atoms with Crippen LogP contribution in [0.2, 0.25) is 0 Å². The van der Waals surface area contributed by atoms with Crippen molar-refractivity contribution in [2.75, 3.05) is 13.1 Å². The number of carbonyl (C=O) groups excluding carboxylic acids is 2. The molecule has 3 rings (SSSR count). The summed E-state index contributed by atoms with van der Waals surface area (Å²) in [5, 5.41) is 6.54. The lowest BCUT2D eigenvalue weighted by atomic mass is 10.00. The highest BCUT2D eigenvalue weighted by atomic mass is 35.5. The van der Waals surface area contributed by atoms with E-state index in [0.29, 0.717) is 18.2 Å². The maximum Gasteiger partial charge on any atom is 0.254 e. The molecule has 5 nitrogen and oxygen atoms in total. The van der Waals surface area contributed by atoms with Crippen LogP contribution in [0.3, 0.4) is 0 Å². The summed E-state index contributed by atoms with van der Waals surface area (Å²) in [6, 6.07) is 9.54. The Bertz CT molecular complexity index is 567. The molecule has 2 heterocycles. The Morgan fingerprint density at radius 1 is 1.21 bits per heavy atom. The molecule has 0 spiro atoms. The Balaban J connectivity index is 0.00000208. The van der Waals surface area contributed by atoms with Crippen molar-refractivity contribution in [3.05, 3.63) is 35.9 Å². The molecule has 2 saturated heterocycles. The minimum atomic E-state index is -0.326. The summed E-state index contributed by atoms with van der Waals surface area (Å²) in [5.74, 6) is -0.0344. The van der Waals surface area contributed by atoms with E-state index in [9.17, 15) is 9.59 Å². The fraction of sp³-hybridized carbons (Fsp3) is 0.556. The van der Waals surface area contributed by atoms with E-state index in [1.165, 1.54) is 0 Å². The van der Waals surface area contributed by atoms with Crippen LogP contribution in [0, 0.1) is 0 Å². The van der Waals surface area contributed by atoms with Gasteiger partial charge in [0.2, 0.25) is 5.91 Å². The lowest BCUT2D eigenvalue weighted by Crippen LogP contribution is -2.52. The molecular formula is C18H26ClN3O2. The summed E-state index contributed by atoms with van der Waals surface area (Å²) in [4.78, 5) is 27.0. The minimum Gasteiger partial charge on any atom is -0.351 e. The lowest BCUT2D eigenvalue weighted by molar-refractivity contribution is -0.125. The van der Waals surface area contributed by atoms with Crippen LogP contribution in [0.1, 0.15) is 43.0 Å². The first kappa shape index (κ1) is 18.7. The average Bonchev–Trinajstić information content (AvgIpc) is 3.05. The standard InChI is InChI=1S/C18H25N3O2.ClH/c1-13-12-15(9-10-19-13)20-17(22)16-8-5-11-21(16)18(23)14-6-3-2-4-7-14;/h2-4,6-7,13,15-16,19H,5,8-12H2,1H3,(H,20,22);1H. The van der Waals surface area contributed by atoms with Crippen LogP contribution >= 0.6 is 12.4 Å². The number of piperidine rings is 1. The zero-order valence-electron chi connectivity index (χ0n) is 14.0. The lowest BCUT2D eigenvalue weighted by Gasteiger charge is -2.31. The molecule has 3 atom stereocenters. The van der Waals surface area contributed by atoms with Gasteiger partial charge in [-0.1, -0.05) is 18.2 Å². The molecule has 0 aromatic heterocycles. The molecule has 0 saturated carbocycles. The molecule has 24 heavy (non-hydrogen) atoms. The normalized spacial score (nSPS) is 26.5. The third kappa shape index (κ3) is 4.28. The van der Waals surface area contributed by atoms with Crippen LogP contribution in [0.25, 0.3) is 0 Å². The van der Waals surface area contributed by atoms with Crippen LogP contribution in [-0.4, -0.2) is 47.9 Å². The Morgan fingerprint density at radius 3 is 2.67 bits per heavy atom. The van der Waals surface area contributed by atoms with E-state index in [0.717, 1.165) is 32.2 Å². The zero-order valence-corrected chi connectivity index (χ0v) is 14.8. The first-order chi connectivity index (χ1) is 11.1. The summed E-state index contributed by atoms with van der Waals surface area (Å²) in [7, 11) is 0. The molecule has 132 valence electrons. The molecule has 0 bridgehead atoms. The van der Waals surface area contributed by atoms with Gasteiger partial charge in [-0.25, -0.2) is 0 Å². The van der Waals surface area contributed by atoms with Crippen molar-refractivity contribution in [1.82, 2.24) is 15.5 Å². The summed E-state index contributed by atoms with van der Waals surface area (Å²) in [5.41, 5.74) is 0.655. The van der Waals surface area contributed by atoms with Crippen LogP contribution in [-0.2, 0) is 4.79 Å². The van der Waals surface area contributed by atoms with Gasteiger partial charge in [0.25, 0.3) is 5.91 Å². The van der Waals surface area contributed by atoms with Gasteiger partial charge in [0, 0.05) is 24.2 Å². The van der Waals surface area contributed by atoms with Gasteiger partial charge < -0.3 is 15.5 Å². The minimum absolute atomic E-state index is 0. The monoisotopic (exact) mass is 351 g/mol. The molecule has 3 unspecified atom stereocenters. The molecule has 0 aliphatic carbocycles. The fourth-order valence-corrected chi connectivity index (χ4v) is 3.59. The average molecular weight is 352 g/mol. The second-order valence-electron chi connectivity index (χ2n) is 6.61. The quantitative estimate of drug-likeness (QED) is 0.875. The first-order valence-corrected chi connectivity index (χ1v) is 8.55. The number of nitrogens with zero attached hydrogens (tertiary/aromatic N) is 1. The smallest absolute Gasteiger partial charge is 0.254 e. The summed E-state index contributed by atoms with van der Waals surface area (Å²) >= 11 is 0. The predicted molar refractivity (Wildman–Crippen MR) is 96.4 cm³/mol. The molecular weight excluding hydrogens is 326 g/mol. The van der Waals surface area contributed by atoms with Crippen molar-refractivity contribution in [3.63, 3.8) is 0 Å². The van der Waals surface area contributed by atoms with E-state index in [-0.39, 0.29) is 36.3 Å². The predicted octanol–water partition coefficient (Wildman–Crippen LogP) is 1.97. The van der Waals surface area contributed by atoms with Crippen molar-refractivity contribution in [2.24, 2.45) is 0 Å². The molecule has 2 N–H and O–H groups in total. The highest BCUT2D eigenvalue weighted by Gasteiger charge is 2.35. The van der Waals surface area contributed by atoms with Crippen LogP contribution < -0.4 is 10.6 Å². The molecule has 1 aromatic rings. The van der Waals surface area contributed by atoms with E-state index in [1.54, 1.807) is 4.90 Å². The molecule has 1 aromatic carbocycles. The second kappa shape index (κ2) is 8.49. The number of rotatable bonds is 3. The van der Waals surface area contributed by atoms with Gasteiger partial charge in [0.1, 0.15) is 6.04 Å². The summed E-state index contributed by atoms with van der Waals surface area (Å²) in [6.45, 7) is 3.73. The molecule has 2 amide bonds. The van der Waals surface area contributed by atoms with Crippen molar-refractivity contribution in [2.45, 2.75) is 50.7 Å². The highest BCUT2D eigenvalue weighted by Crippen LogP contribution is 2.21. The Hall–Kier alpha value is -1.59. The number of hydrogen-bond acceptors (Lipinski definition) is 3.